The first-order chi connectivity index (χ1) is 13.7. The minimum absolute atomic E-state index is 0.0887. The molecule has 0 saturated carbocycles. The van der Waals surface area contributed by atoms with Gasteiger partial charge in [0, 0.05) is 17.8 Å². The van der Waals surface area contributed by atoms with Crippen LogP contribution in [0.25, 0.3) is 6.08 Å². The first-order valence-electron chi connectivity index (χ1n) is 8.58. The molecule has 0 spiro atoms. The summed E-state index contributed by atoms with van der Waals surface area (Å²) in [4.78, 5) is 15.7. The van der Waals surface area contributed by atoms with Crippen LogP contribution in [-0.4, -0.2) is 17.4 Å². The molecule has 0 saturated heterocycles. The van der Waals surface area contributed by atoms with Crippen LogP contribution in [0.1, 0.15) is 11.1 Å². The van der Waals surface area contributed by atoms with E-state index in [2.05, 4.69) is 22.1 Å². The largest absolute Gasteiger partial charge is 0.453 e. The third-order valence-electron chi connectivity index (χ3n) is 3.60. The molecule has 1 amide bonds. The van der Waals surface area contributed by atoms with E-state index in [4.69, 9.17) is 4.74 Å². The topological polar surface area (TPSA) is 51.2 Å². The SMILES string of the molecule is O=C(/C=C/c1ccc(Oc2cccnc2)c(F)c1)NCC#Cc1ccccc1. The minimum atomic E-state index is -0.528. The van der Waals surface area contributed by atoms with Crippen molar-refractivity contribution in [2.45, 2.75) is 0 Å². The number of ether oxygens (including phenoxy) is 1. The predicted octanol–water partition coefficient (Wildman–Crippen LogP) is 4.19. The van der Waals surface area contributed by atoms with E-state index in [-0.39, 0.29) is 18.2 Å². The molecular formula is C23H17FN2O2. The number of carbonyl (C=O) groups is 1. The molecule has 0 unspecified atom stereocenters. The fourth-order valence-electron chi connectivity index (χ4n) is 2.27. The van der Waals surface area contributed by atoms with Crippen molar-refractivity contribution >= 4 is 12.0 Å². The van der Waals surface area contributed by atoms with Gasteiger partial charge in [0.05, 0.1) is 12.7 Å². The maximum absolute atomic E-state index is 14.2. The monoisotopic (exact) mass is 372 g/mol. The van der Waals surface area contributed by atoms with E-state index in [1.54, 1.807) is 24.4 Å². The second kappa shape index (κ2) is 9.70. The van der Waals surface area contributed by atoms with Gasteiger partial charge in [-0.25, -0.2) is 4.39 Å². The Kier molecular flexibility index (Phi) is 6.53. The lowest BCUT2D eigenvalue weighted by molar-refractivity contribution is -0.116. The molecule has 0 fully saturated rings. The smallest absolute Gasteiger partial charge is 0.244 e. The van der Waals surface area contributed by atoms with E-state index >= 15 is 0 Å². The Hall–Kier alpha value is -3.91. The number of benzene rings is 2. The molecule has 3 rings (SSSR count). The molecule has 0 aliphatic rings. The zero-order chi connectivity index (χ0) is 19.6. The summed E-state index contributed by atoms with van der Waals surface area (Å²) >= 11 is 0. The van der Waals surface area contributed by atoms with E-state index in [0.717, 1.165) is 5.56 Å². The highest BCUT2D eigenvalue weighted by molar-refractivity contribution is 5.91. The molecule has 1 N–H and O–H groups in total. The average Bonchev–Trinajstić information content (AvgIpc) is 2.73. The highest BCUT2D eigenvalue weighted by Gasteiger charge is 2.05. The van der Waals surface area contributed by atoms with Gasteiger partial charge >= 0.3 is 0 Å². The van der Waals surface area contributed by atoms with Crippen LogP contribution in [0.15, 0.2) is 79.1 Å². The van der Waals surface area contributed by atoms with Gasteiger partial charge < -0.3 is 10.1 Å². The maximum atomic E-state index is 14.2. The van der Waals surface area contributed by atoms with Gasteiger partial charge in [0.2, 0.25) is 5.91 Å². The van der Waals surface area contributed by atoms with Crippen molar-refractivity contribution in [2.75, 3.05) is 6.54 Å². The zero-order valence-electron chi connectivity index (χ0n) is 14.9. The Balaban J connectivity index is 1.53. The lowest BCUT2D eigenvalue weighted by Gasteiger charge is -2.06. The molecule has 0 atom stereocenters. The minimum Gasteiger partial charge on any atom is -0.453 e. The number of amides is 1. The number of pyridine rings is 1. The summed E-state index contributed by atoms with van der Waals surface area (Å²) in [6, 6.07) is 17.4. The number of nitrogens with zero attached hydrogens (tertiary/aromatic N) is 1. The molecule has 0 aliphatic heterocycles. The van der Waals surface area contributed by atoms with Gasteiger partial charge in [0.1, 0.15) is 5.75 Å². The molecular weight excluding hydrogens is 355 g/mol. The summed E-state index contributed by atoms with van der Waals surface area (Å²) in [6.45, 7) is 0.227. The zero-order valence-corrected chi connectivity index (χ0v) is 14.9. The van der Waals surface area contributed by atoms with Crippen LogP contribution < -0.4 is 10.1 Å². The second-order valence-electron chi connectivity index (χ2n) is 5.70. The quantitative estimate of drug-likeness (QED) is 0.540. The molecule has 3 aromatic rings. The molecule has 0 radical (unpaired) electrons. The molecule has 28 heavy (non-hydrogen) atoms. The van der Waals surface area contributed by atoms with E-state index in [0.29, 0.717) is 11.3 Å². The molecule has 0 bridgehead atoms. The summed E-state index contributed by atoms with van der Waals surface area (Å²) < 4.78 is 19.6. The fourth-order valence-corrected chi connectivity index (χ4v) is 2.27. The number of halogens is 1. The summed E-state index contributed by atoms with van der Waals surface area (Å²) in [6.07, 6.45) is 5.96. The highest BCUT2D eigenvalue weighted by atomic mass is 19.1. The standard InChI is InChI=1S/C23H17FN2O2/c24-21-16-19(10-12-22(21)28-20-9-5-14-25-17-20)11-13-23(27)26-15-4-8-18-6-2-1-3-7-18/h1-3,5-7,9-14,16-17H,15H2,(H,26,27)/b13-11+. The van der Waals surface area contributed by atoms with Crippen LogP contribution in [-0.2, 0) is 4.79 Å². The third-order valence-corrected chi connectivity index (χ3v) is 3.60. The van der Waals surface area contributed by atoms with Crippen LogP contribution in [0.4, 0.5) is 4.39 Å². The number of rotatable bonds is 5. The number of nitrogens with one attached hydrogen (secondary N) is 1. The number of aromatic nitrogens is 1. The molecule has 138 valence electrons. The lowest BCUT2D eigenvalue weighted by Crippen LogP contribution is -2.20. The summed E-state index contributed by atoms with van der Waals surface area (Å²) in [7, 11) is 0. The Morgan fingerprint density at radius 1 is 1.14 bits per heavy atom. The molecule has 4 nitrogen and oxygen atoms in total. The summed E-state index contributed by atoms with van der Waals surface area (Å²) in [5, 5.41) is 2.66. The van der Waals surface area contributed by atoms with Crippen LogP contribution >= 0.6 is 0 Å². The van der Waals surface area contributed by atoms with Gasteiger partial charge in [-0.05, 0) is 48.0 Å². The van der Waals surface area contributed by atoms with Crippen molar-refractivity contribution in [2.24, 2.45) is 0 Å². The normalized spacial score (nSPS) is 10.2. The van der Waals surface area contributed by atoms with Gasteiger partial charge in [0.15, 0.2) is 11.6 Å². The highest BCUT2D eigenvalue weighted by Crippen LogP contribution is 2.24. The Morgan fingerprint density at radius 2 is 2.00 bits per heavy atom. The average molecular weight is 372 g/mol. The molecule has 1 aromatic heterocycles. The van der Waals surface area contributed by atoms with Crippen LogP contribution in [0, 0.1) is 17.7 Å². The van der Waals surface area contributed by atoms with E-state index in [1.165, 1.54) is 30.5 Å². The third kappa shape index (κ3) is 5.82. The summed E-state index contributed by atoms with van der Waals surface area (Å²) in [5.74, 6) is 5.52. The van der Waals surface area contributed by atoms with E-state index < -0.39 is 5.82 Å². The Morgan fingerprint density at radius 3 is 2.75 bits per heavy atom. The van der Waals surface area contributed by atoms with Gasteiger partial charge in [-0.2, -0.15) is 0 Å². The maximum Gasteiger partial charge on any atom is 0.244 e. The Bertz CT molecular complexity index is 1020. The van der Waals surface area contributed by atoms with Gasteiger partial charge in [-0.3, -0.25) is 9.78 Å². The molecule has 2 aromatic carbocycles. The molecule has 5 heteroatoms. The van der Waals surface area contributed by atoms with Crippen molar-refractivity contribution in [1.29, 1.82) is 0 Å². The van der Waals surface area contributed by atoms with Crippen molar-refractivity contribution in [3.05, 3.63) is 96.1 Å². The van der Waals surface area contributed by atoms with E-state index in [9.17, 15) is 9.18 Å². The van der Waals surface area contributed by atoms with Crippen LogP contribution in [0.2, 0.25) is 0 Å². The second-order valence-corrected chi connectivity index (χ2v) is 5.70. The van der Waals surface area contributed by atoms with Crippen molar-refractivity contribution in [3.63, 3.8) is 0 Å². The molecule has 0 aliphatic carbocycles. The number of hydrogen-bond acceptors (Lipinski definition) is 3. The number of carbonyl (C=O) groups excluding carboxylic acids is 1. The lowest BCUT2D eigenvalue weighted by atomic mass is 10.2. The van der Waals surface area contributed by atoms with Crippen molar-refractivity contribution in [1.82, 2.24) is 10.3 Å². The van der Waals surface area contributed by atoms with Gasteiger partial charge in [-0.1, -0.05) is 36.1 Å². The van der Waals surface area contributed by atoms with Crippen LogP contribution in [0.3, 0.4) is 0 Å². The fraction of sp³-hybridized carbons (Fsp3) is 0.0435. The molecule has 1 heterocycles. The predicted molar refractivity (Wildman–Crippen MR) is 106 cm³/mol. The van der Waals surface area contributed by atoms with Crippen molar-refractivity contribution < 1.29 is 13.9 Å². The Labute approximate surface area is 162 Å². The van der Waals surface area contributed by atoms with Crippen molar-refractivity contribution in [3.8, 4) is 23.3 Å². The van der Waals surface area contributed by atoms with Gasteiger partial charge in [0.25, 0.3) is 0 Å². The first-order valence-corrected chi connectivity index (χ1v) is 8.58. The van der Waals surface area contributed by atoms with Gasteiger partial charge in [-0.15, -0.1) is 0 Å². The summed E-state index contributed by atoms with van der Waals surface area (Å²) in [5.41, 5.74) is 1.43. The number of hydrogen-bond donors (Lipinski definition) is 1. The first kappa shape index (κ1) is 18.9. The van der Waals surface area contributed by atoms with E-state index in [1.807, 2.05) is 30.3 Å². The van der Waals surface area contributed by atoms with Crippen LogP contribution in [0.5, 0.6) is 11.5 Å².